The summed E-state index contributed by atoms with van der Waals surface area (Å²) in [6.45, 7) is 2.27. The van der Waals surface area contributed by atoms with Crippen molar-refractivity contribution < 1.29 is 9.53 Å². The van der Waals surface area contributed by atoms with Crippen LogP contribution in [0.25, 0.3) is 11.0 Å². The molecule has 20 heavy (non-hydrogen) atoms. The van der Waals surface area contributed by atoms with E-state index in [9.17, 15) is 4.79 Å². The third kappa shape index (κ3) is 2.97. The minimum absolute atomic E-state index is 0.358. The molecule has 5 nitrogen and oxygen atoms in total. The van der Waals surface area contributed by atoms with Gasteiger partial charge in [0.05, 0.1) is 17.9 Å². The van der Waals surface area contributed by atoms with Crippen molar-refractivity contribution in [3.8, 4) is 12.3 Å². The summed E-state index contributed by atoms with van der Waals surface area (Å²) in [6, 6.07) is 1.77. The van der Waals surface area contributed by atoms with Crippen molar-refractivity contribution in [3.05, 3.63) is 23.5 Å². The van der Waals surface area contributed by atoms with Gasteiger partial charge in [-0.2, -0.15) is 5.10 Å². The lowest BCUT2D eigenvalue weighted by Gasteiger charge is -2.04. The molecule has 0 aromatic carbocycles. The van der Waals surface area contributed by atoms with Gasteiger partial charge in [0.1, 0.15) is 0 Å². The lowest BCUT2D eigenvalue weighted by Crippen LogP contribution is -2.07. The lowest BCUT2D eigenvalue weighted by molar-refractivity contribution is 0.0498. The zero-order valence-corrected chi connectivity index (χ0v) is 11.7. The second kappa shape index (κ2) is 6.20. The van der Waals surface area contributed by atoms with Crippen LogP contribution in [-0.4, -0.2) is 27.3 Å². The smallest absolute Gasteiger partial charge is 0.339 e. The van der Waals surface area contributed by atoms with Gasteiger partial charge in [0.25, 0.3) is 0 Å². The molecule has 2 rings (SSSR count). The number of hydrogen-bond donors (Lipinski definition) is 0. The number of esters is 1. The summed E-state index contributed by atoms with van der Waals surface area (Å²) in [5, 5.41) is 5.14. The van der Waals surface area contributed by atoms with E-state index in [0.29, 0.717) is 18.6 Å². The number of aryl methyl sites for hydroxylation is 2. The minimum atomic E-state index is -0.358. The molecule has 0 aliphatic rings. The zero-order chi connectivity index (χ0) is 14.5. The SMILES string of the molecule is C#CCCCCOC(=O)c1cnc2c(c1)c(C)nn2C. The molecule has 0 spiro atoms. The molecule has 0 amide bonds. The van der Waals surface area contributed by atoms with Crippen LogP contribution >= 0.6 is 0 Å². The summed E-state index contributed by atoms with van der Waals surface area (Å²) in [6.07, 6.45) is 9.03. The van der Waals surface area contributed by atoms with Crippen molar-refractivity contribution in [2.75, 3.05) is 6.61 Å². The Kier molecular flexibility index (Phi) is 4.36. The highest BCUT2D eigenvalue weighted by Crippen LogP contribution is 2.17. The molecule has 0 saturated carbocycles. The predicted octanol–water partition coefficient (Wildman–Crippen LogP) is 2.24. The van der Waals surface area contributed by atoms with Gasteiger partial charge in [-0.3, -0.25) is 4.68 Å². The topological polar surface area (TPSA) is 57.0 Å². The Labute approximate surface area is 117 Å². The van der Waals surface area contributed by atoms with Crippen molar-refractivity contribution in [2.24, 2.45) is 7.05 Å². The molecular formula is C15H17N3O2. The molecule has 5 heteroatoms. The fourth-order valence-electron chi connectivity index (χ4n) is 2.00. The van der Waals surface area contributed by atoms with E-state index in [1.807, 2.05) is 14.0 Å². The maximum absolute atomic E-state index is 11.9. The van der Waals surface area contributed by atoms with E-state index in [2.05, 4.69) is 16.0 Å². The highest BCUT2D eigenvalue weighted by Gasteiger charge is 2.12. The molecule has 0 atom stereocenters. The van der Waals surface area contributed by atoms with Crippen molar-refractivity contribution in [2.45, 2.75) is 26.2 Å². The first-order valence-corrected chi connectivity index (χ1v) is 6.53. The van der Waals surface area contributed by atoms with E-state index in [1.165, 1.54) is 6.20 Å². The molecule has 104 valence electrons. The highest BCUT2D eigenvalue weighted by atomic mass is 16.5. The first kappa shape index (κ1) is 14.1. The number of pyridine rings is 1. The highest BCUT2D eigenvalue weighted by molar-refractivity contribution is 5.93. The Bertz CT molecular complexity index is 668. The maximum Gasteiger partial charge on any atom is 0.339 e. The second-order valence-corrected chi connectivity index (χ2v) is 4.60. The van der Waals surface area contributed by atoms with E-state index in [0.717, 1.165) is 29.6 Å². The molecule has 2 aromatic heterocycles. The number of carbonyl (C=O) groups is 1. The predicted molar refractivity (Wildman–Crippen MR) is 76.2 cm³/mol. The molecule has 0 bridgehead atoms. The maximum atomic E-state index is 11.9. The normalized spacial score (nSPS) is 10.4. The van der Waals surface area contributed by atoms with Gasteiger partial charge in [-0.05, 0) is 25.8 Å². The lowest BCUT2D eigenvalue weighted by atomic mass is 10.2. The standard InChI is InChI=1S/C15H17N3O2/c1-4-5-6-7-8-20-15(19)12-9-13-11(2)17-18(3)14(13)16-10-12/h1,9-10H,5-8H2,2-3H3. The molecule has 0 fully saturated rings. The van der Waals surface area contributed by atoms with Crippen LogP contribution in [0, 0.1) is 19.3 Å². The number of fused-ring (bicyclic) bond motifs is 1. The molecular weight excluding hydrogens is 254 g/mol. The molecule has 0 unspecified atom stereocenters. The van der Waals surface area contributed by atoms with Crippen molar-refractivity contribution in [3.63, 3.8) is 0 Å². The fourth-order valence-corrected chi connectivity index (χ4v) is 2.00. The number of ether oxygens (including phenoxy) is 1. The summed E-state index contributed by atoms with van der Waals surface area (Å²) in [4.78, 5) is 16.2. The number of carbonyl (C=O) groups excluding carboxylic acids is 1. The van der Waals surface area contributed by atoms with Gasteiger partial charge in [0.15, 0.2) is 5.65 Å². The fraction of sp³-hybridized carbons (Fsp3) is 0.400. The van der Waals surface area contributed by atoms with Crippen LogP contribution in [0.2, 0.25) is 0 Å². The number of nitrogens with zero attached hydrogens (tertiary/aromatic N) is 3. The summed E-state index contributed by atoms with van der Waals surface area (Å²) in [5.74, 6) is 2.20. The van der Waals surface area contributed by atoms with Gasteiger partial charge >= 0.3 is 5.97 Å². The average Bonchev–Trinajstić information content (AvgIpc) is 2.73. The van der Waals surface area contributed by atoms with Gasteiger partial charge in [-0.1, -0.05) is 0 Å². The molecule has 0 saturated heterocycles. The monoisotopic (exact) mass is 271 g/mol. The minimum Gasteiger partial charge on any atom is -0.462 e. The van der Waals surface area contributed by atoms with E-state index in [4.69, 9.17) is 11.2 Å². The van der Waals surface area contributed by atoms with Crippen LogP contribution in [0.5, 0.6) is 0 Å². The third-order valence-electron chi connectivity index (χ3n) is 3.05. The average molecular weight is 271 g/mol. The van der Waals surface area contributed by atoms with E-state index in [1.54, 1.807) is 10.7 Å². The van der Waals surface area contributed by atoms with Gasteiger partial charge in [-0.15, -0.1) is 12.3 Å². The number of hydrogen-bond acceptors (Lipinski definition) is 4. The molecule has 0 radical (unpaired) electrons. The largest absolute Gasteiger partial charge is 0.462 e. The van der Waals surface area contributed by atoms with Gasteiger partial charge in [0.2, 0.25) is 0 Å². The van der Waals surface area contributed by atoms with E-state index >= 15 is 0 Å². The Morgan fingerprint density at radius 2 is 2.30 bits per heavy atom. The van der Waals surface area contributed by atoms with Crippen LogP contribution in [0.15, 0.2) is 12.3 Å². The molecule has 0 aliphatic carbocycles. The third-order valence-corrected chi connectivity index (χ3v) is 3.05. The van der Waals surface area contributed by atoms with Crippen molar-refractivity contribution in [1.82, 2.24) is 14.8 Å². The number of rotatable bonds is 5. The Morgan fingerprint density at radius 1 is 1.50 bits per heavy atom. The number of terminal acetylenes is 1. The van der Waals surface area contributed by atoms with Gasteiger partial charge < -0.3 is 4.74 Å². The Morgan fingerprint density at radius 3 is 3.05 bits per heavy atom. The Hall–Kier alpha value is -2.35. The summed E-state index contributed by atoms with van der Waals surface area (Å²) >= 11 is 0. The van der Waals surface area contributed by atoms with E-state index in [-0.39, 0.29) is 5.97 Å². The van der Waals surface area contributed by atoms with Crippen LogP contribution in [0.3, 0.4) is 0 Å². The summed E-state index contributed by atoms with van der Waals surface area (Å²) in [5.41, 5.74) is 2.05. The number of aromatic nitrogens is 3. The van der Waals surface area contributed by atoms with E-state index < -0.39 is 0 Å². The molecule has 2 heterocycles. The summed E-state index contributed by atoms with van der Waals surface area (Å²) < 4.78 is 6.89. The first-order chi connectivity index (χ1) is 9.63. The molecule has 2 aromatic rings. The van der Waals surface area contributed by atoms with Crippen LogP contribution in [0.1, 0.15) is 35.3 Å². The van der Waals surface area contributed by atoms with Gasteiger partial charge in [-0.25, -0.2) is 9.78 Å². The van der Waals surface area contributed by atoms with Crippen LogP contribution in [-0.2, 0) is 11.8 Å². The van der Waals surface area contributed by atoms with Crippen LogP contribution < -0.4 is 0 Å². The molecule has 0 N–H and O–H groups in total. The molecule has 0 aliphatic heterocycles. The van der Waals surface area contributed by atoms with Gasteiger partial charge in [0, 0.05) is 25.1 Å². The summed E-state index contributed by atoms with van der Waals surface area (Å²) in [7, 11) is 1.83. The van der Waals surface area contributed by atoms with Crippen molar-refractivity contribution in [1.29, 1.82) is 0 Å². The zero-order valence-electron chi connectivity index (χ0n) is 11.7. The number of unbranched alkanes of at least 4 members (excludes halogenated alkanes) is 2. The van der Waals surface area contributed by atoms with Crippen LogP contribution in [0.4, 0.5) is 0 Å². The van der Waals surface area contributed by atoms with Crippen molar-refractivity contribution >= 4 is 17.0 Å². The quantitative estimate of drug-likeness (QED) is 0.475. The first-order valence-electron chi connectivity index (χ1n) is 6.53. The Balaban J connectivity index is 2.03. The second-order valence-electron chi connectivity index (χ2n) is 4.60.